The monoisotopic (exact) mass is 1050 g/mol. The van der Waals surface area contributed by atoms with Crippen molar-refractivity contribution in [2.75, 3.05) is 19.8 Å². The third-order valence-electron chi connectivity index (χ3n) is 20.0. The van der Waals surface area contributed by atoms with Crippen LogP contribution in [0.2, 0.25) is 0 Å². The van der Waals surface area contributed by atoms with Crippen molar-refractivity contribution in [1.29, 1.82) is 0 Å². The molecular formula is C51H82O22. The molecule has 31 atom stereocenters. The van der Waals surface area contributed by atoms with Crippen molar-refractivity contribution >= 4 is 0 Å². The van der Waals surface area contributed by atoms with Crippen molar-refractivity contribution in [2.24, 2.45) is 40.4 Å². The van der Waals surface area contributed by atoms with Crippen LogP contribution in [-0.2, 0) is 47.4 Å². The molecule has 22 heteroatoms. The second-order valence-corrected chi connectivity index (χ2v) is 24.0. The standard InChI is InChI=1S/C51H82O22/c1-20-9-14-50(64-19-20)23(4)51(63)31(73-50)16-28-26-8-7-24-15-25(10-12-48(24,5)27(26)11-13-49(28,51)6)67-47-43(72-44-38(60)35(57)32(54)21(2)65-44)40(62)41(30(18-53)69-47)70-46-42(37(59)33(55)22(3)66-46)71-45-39(61)36(58)34(56)29(17-52)68-45/h7,20-23,25-47,52-63H,8-19H2,1-6H3/t20-,21+,22+,23-,25+,26-,27+,28+,29-,30-,31+,32+,33+,34-,35-,36+,37-,38-,39-,40+,41-,42-,43-,44+,45+,46+,47-,48+,49+,50-,51-/m1/s1. The van der Waals surface area contributed by atoms with Gasteiger partial charge in [-0.05, 0) is 94.3 Å². The fourth-order valence-electron chi connectivity index (χ4n) is 15.4. The molecule has 6 saturated heterocycles. The van der Waals surface area contributed by atoms with Gasteiger partial charge in [0, 0.05) is 17.8 Å². The van der Waals surface area contributed by atoms with Gasteiger partial charge in [-0.3, -0.25) is 0 Å². The fourth-order valence-corrected chi connectivity index (χ4v) is 15.4. The summed E-state index contributed by atoms with van der Waals surface area (Å²) in [7, 11) is 0. The van der Waals surface area contributed by atoms with Crippen LogP contribution in [0.15, 0.2) is 11.6 Å². The van der Waals surface area contributed by atoms with Crippen molar-refractivity contribution in [1.82, 2.24) is 0 Å². The Hall–Kier alpha value is -1.14. The van der Waals surface area contributed by atoms with E-state index in [1.54, 1.807) is 0 Å². The number of ether oxygens (including phenoxy) is 10. The normalized spacial score (nSPS) is 58.2. The second kappa shape index (κ2) is 20.5. The van der Waals surface area contributed by atoms with E-state index >= 15 is 0 Å². The molecule has 0 unspecified atom stereocenters. The van der Waals surface area contributed by atoms with Crippen LogP contribution in [0.25, 0.3) is 0 Å². The number of aliphatic hydroxyl groups excluding tert-OH is 11. The van der Waals surface area contributed by atoms with Crippen molar-refractivity contribution in [3.63, 3.8) is 0 Å². The third kappa shape index (κ3) is 8.94. The summed E-state index contributed by atoms with van der Waals surface area (Å²) in [6, 6.07) is 0. The first-order valence-electron chi connectivity index (χ1n) is 26.8. The van der Waals surface area contributed by atoms with E-state index < -0.39 is 154 Å². The highest BCUT2D eigenvalue weighted by molar-refractivity contribution is 5.29. The van der Waals surface area contributed by atoms with E-state index in [-0.39, 0.29) is 28.8 Å². The van der Waals surface area contributed by atoms with E-state index in [0.29, 0.717) is 37.2 Å². The van der Waals surface area contributed by atoms with Crippen molar-refractivity contribution < 1.29 is 109 Å². The smallest absolute Gasteiger partial charge is 0.187 e. The van der Waals surface area contributed by atoms with Crippen molar-refractivity contribution in [2.45, 2.75) is 246 Å². The Morgan fingerprint density at radius 3 is 1.84 bits per heavy atom. The number of rotatable bonds is 10. The third-order valence-corrected chi connectivity index (χ3v) is 20.0. The maximum absolute atomic E-state index is 12.9. The summed E-state index contributed by atoms with van der Waals surface area (Å²) in [6.45, 7) is 10.9. The molecule has 6 aliphatic heterocycles. The van der Waals surface area contributed by atoms with E-state index in [2.05, 4.69) is 33.8 Å². The molecule has 0 aromatic heterocycles. The molecule has 4 aliphatic carbocycles. The zero-order valence-electron chi connectivity index (χ0n) is 42.6. The number of fused-ring (bicyclic) bond motifs is 7. The SMILES string of the molecule is C[C@@H]1CC[C@@]2(OC1)O[C@H]1C[C@H]3[C@@H]4CC=C5C[C@@H](O[C@@H]6O[C@H](CO)[C@@H](O[C@@H]7O[C@@H](C)[C@H](O)[C@@H](O)[C@H]7O[C@@H]7O[C@H](CO)[C@@H](O)[C@H](O)[C@H]7O)[C@H](O)[C@H]6O[C@@H]6O[C@@H](C)[C@H](O)[C@@H](O)[C@H]6O)CC[C@]5(C)[C@H]4CC[C@]3(C)[C@@]1(O)[C@@H]2C. The van der Waals surface area contributed by atoms with E-state index in [0.717, 1.165) is 44.9 Å². The average Bonchev–Trinajstić information content (AvgIpc) is 3.73. The summed E-state index contributed by atoms with van der Waals surface area (Å²) in [6.07, 6.45) is -23.7. The van der Waals surface area contributed by atoms with Crippen molar-refractivity contribution in [3.8, 4) is 0 Å². The lowest BCUT2D eigenvalue weighted by Crippen LogP contribution is -2.67. The fraction of sp³-hybridized carbons (Fsp3) is 0.961. The van der Waals surface area contributed by atoms with Crippen LogP contribution in [0, 0.1) is 40.4 Å². The predicted molar refractivity (Wildman–Crippen MR) is 247 cm³/mol. The van der Waals surface area contributed by atoms with E-state index in [1.165, 1.54) is 19.4 Å². The van der Waals surface area contributed by atoms with Gasteiger partial charge in [0.05, 0.1) is 44.2 Å². The lowest BCUT2D eigenvalue weighted by atomic mass is 9.46. The zero-order valence-corrected chi connectivity index (χ0v) is 42.6. The number of allylic oxidation sites excluding steroid dienone is 1. The van der Waals surface area contributed by atoms with Crippen LogP contribution < -0.4 is 0 Å². The second-order valence-electron chi connectivity index (χ2n) is 24.0. The van der Waals surface area contributed by atoms with Gasteiger partial charge in [-0.2, -0.15) is 0 Å². The summed E-state index contributed by atoms with van der Waals surface area (Å²) in [5.74, 6) is 0.451. The Labute approximate surface area is 425 Å². The highest BCUT2D eigenvalue weighted by atomic mass is 16.8. The summed E-state index contributed by atoms with van der Waals surface area (Å²) in [4.78, 5) is 0. The maximum atomic E-state index is 12.9. The molecule has 12 N–H and O–H groups in total. The molecule has 0 radical (unpaired) electrons. The molecule has 6 heterocycles. The summed E-state index contributed by atoms with van der Waals surface area (Å²) in [5.41, 5.74) is -0.299. The van der Waals surface area contributed by atoms with Crippen LogP contribution in [0.4, 0.5) is 0 Å². The summed E-state index contributed by atoms with van der Waals surface area (Å²) < 4.78 is 62.2. The van der Waals surface area contributed by atoms with Crippen LogP contribution >= 0.6 is 0 Å². The average molecular weight is 1050 g/mol. The van der Waals surface area contributed by atoms with Crippen molar-refractivity contribution in [3.05, 3.63) is 11.6 Å². The van der Waals surface area contributed by atoms with Gasteiger partial charge in [-0.1, -0.05) is 39.3 Å². The van der Waals surface area contributed by atoms with Gasteiger partial charge in [0.25, 0.3) is 0 Å². The first kappa shape index (κ1) is 55.2. The van der Waals surface area contributed by atoms with Gasteiger partial charge < -0.3 is 109 Å². The molecule has 10 aliphatic rings. The van der Waals surface area contributed by atoms with Gasteiger partial charge in [-0.15, -0.1) is 0 Å². The van der Waals surface area contributed by atoms with E-state index in [9.17, 15) is 61.3 Å². The van der Waals surface area contributed by atoms with Crippen LogP contribution in [0.5, 0.6) is 0 Å². The lowest BCUT2D eigenvalue weighted by molar-refractivity contribution is -0.400. The molecular weight excluding hydrogens is 965 g/mol. The quantitative estimate of drug-likeness (QED) is 0.107. The minimum Gasteiger partial charge on any atom is -0.394 e. The molecule has 3 saturated carbocycles. The molecule has 0 aromatic carbocycles. The Morgan fingerprint density at radius 1 is 0.589 bits per heavy atom. The summed E-state index contributed by atoms with van der Waals surface area (Å²) in [5, 5.41) is 132. The van der Waals surface area contributed by atoms with Crippen LogP contribution in [0.3, 0.4) is 0 Å². The highest BCUT2D eigenvalue weighted by Crippen LogP contribution is 2.72. The van der Waals surface area contributed by atoms with E-state index in [4.69, 9.17) is 47.4 Å². The first-order chi connectivity index (χ1) is 34.5. The van der Waals surface area contributed by atoms with Gasteiger partial charge in [0.15, 0.2) is 30.9 Å². The Kier molecular flexibility index (Phi) is 15.5. The predicted octanol–water partition coefficient (Wildman–Crippen LogP) is -1.82. The Bertz CT molecular complexity index is 1960. The van der Waals surface area contributed by atoms with Gasteiger partial charge >= 0.3 is 0 Å². The molecule has 1 spiro atoms. The zero-order chi connectivity index (χ0) is 52.4. The summed E-state index contributed by atoms with van der Waals surface area (Å²) >= 11 is 0. The van der Waals surface area contributed by atoms with Gasteiger partial charge in [-0.25, -0.2) is 0 Å². The van der Waals surface area contributed by atoms with Crippen LogP contribution in [0.1, 0.15) is 99.3 Å². The van der Waals surface area contributed by atoms with Gasteiger partial charge in [0.2, 0.25) is 0 Å². The molecule has 9 fully saturated rings. The molecule has 0 bridgehead atoms. The largest absolute Gasteiger partial charge is 0.394 e. The molecule has 22 nitrogen and oxygen atoms in total. The minimum atomic E-state index is -1.92. The number of hydrogen-bond donors (Lipinski definition) is 12. The maximum Gasteiger partial charge on any atom is 0.187 e. The molecule has 73 heavy (non-hydrogen) atoms. The number of hydrogen-bond acceptors (Lipinski definition) is 22. The van der Waals surface area contributed by atoms with E-state index in [1.807, 2.05) is 0 Å². The lowest BCUT2D eigenvalue weighted by Gasteiger charge is -2.60. The highest BCUT2D eigenvalue weighted by Gasteiger charge is 2.76. The molecule has 10 rings (SSSR count). The molecule has 0 amide bonds. The molecule has 0 aromatic rings. The topological polar surface area (TPSA) is 335 Å². The van der Waals surface area contributed by atoms with Gasteiger partial charge in [0.1, 0.15) is 91.1 Å². The Balaban J connectivity index is 0.873. The van der Waals surface area contributed by atoms with Crippen LogP contribution in [-0.4, -0.2) is 228 Å². The Morgan fingerprint density at radius 2 is 1.18 bits per heavy atom. The molecule has 418 valence electrons. The first-order valence-corrected chi connectivity index (χ1v) is 26.8. The minimum absolute atomic E-state index is 0.169. The number of aliphatic hydroxyl groups is 12.